The molecule has 6 heteroatoms. The van der Waals surface area contributed by atoms with E-state index < -0.39 is 0 Å². The first-order valence-electron chi connectivity index (χ1n) is 7.41. The Labute approximate surface area is 128 Å². The van der Waals surface area contributed by atoms with Gasteiger partial charge in [-0.3, -0.25) is 0 Å². The quantitative estimate of drug-likeness (QED) is 0.733. The number of hydrogen-bond donors (Lipinski definition) is 1. The summed E-state index contributed by atoms with van der Waals surface area (Å²) in [6, 6.07) is 6.32. The van der Waals surface area contributed by atoms with Gasteiger partial charge in [0.25, 0.3) is 0 Å². The van der Waals surface area contributed by atoms with Crippen LogP contribution in [-0.4, -0.2) is 26.3 Å². The molecule has 22 heavy (non-hydrogen) atoms. The van der Waals surface area contributed by atoms with Crippen molar-refractivity contribution in [3.05, 3.63) is 42.1 Å². The highest BCUT2D eigenvalue weighted by Crippen LogP contribution is 2.25. The van der Waals surface area contributed by atoms with Gasteiger partial charge in [-0.25, -0.2) is 19.0 Å². The van der Waals surface area contributed by atoms with Crippen molar-refractivity contribution in [2.75, 3.05) is 11.9 Å². The third-order valence-electron chi connectivity index (χ3n) is 3.52. The molecule has 5 nitrogen and oxygen atoms in total. The summed E-state index contributed by atoms with van der Waals surface area (Å²) in [6.45, 7) is 4.91. The molecule has 0 fully saturated rings. The first-order chi connectivity index (χ1) is 10.7. The van der Waals surface area contributed by atoms with Gasteiger partial charge < -0.3 is 5.32 Å². The molecule has 1 aromatic carbocycles. The fourth-order valence-corrected chi connectivity index (χ4v) is 2.42. The minimum absolute atomic E-state index is 0.297. The maximum absolute atomic E-state index is 13.5. The lowest BCUT2D eigenvalue weighted by molar-refractivity contribution is 0.625. The van der Waals surface area contributed by atoms with Crippen molar-refractivity contribution >= 4 is 16.9 Å². The molecule has 0 aliphatic carbocycles. The van der Waals surface area contributed by atoms with Gasteiger partial charge in [0.15, 0.2) is 5.65 Å². The molecule has 0 spiro atoms. The van der Waals surface area contributed by atoms with Gasteiger partial charge >= 0.3 is 0 Å². The second-order valence-electron chi connectivity index (χ2n) is 5.18. The van der Waals surface area contributed by atoms with E-state index in [0.29, 0.717) is 11.3 Å². The van der Waals surface area contributed by atoms with Crippen molar-refractivity contribution in [3.63, 3.8) is 0 Å². The Kier molecular flexibility index (Phi) is 4.00. The Hall–Kier alpha value is -2.50. The number of rotatable bonds is 5. The highest BCUT2D eigenvalue weighted by Gasteiger charge is 2.15. The van der Waals surface area contributed by atoms with E-state index in [1.165, 1.54) is 18.5 Å². The molecule has 2 heterocycles. The number of aryl methyl sites for hydroxylation is 1. The second kappa shape index (κ2) is 6.09. The van der Waals surface area contributed by atoms with Crippen molar-refractivity contribution in [1.82, 2.24) is 19.7 Å². The lowest BCUT2D eigenvalue weighted by Gasteiger charge is -2.06. The average molecular weight is 299 g/mol. The van der Waals surface area contributed by atoms with E-state index in [0.717, 1.165) is 36.3 Å². The summed E-state index contributed by atoms with van der Waals surface area (Å²) in [5.41, 5.74) is 2.15. The molecule has 0 aliphatic heterocycles. The first kappa shape index (κ1) is 14.4. The lowest BCUT2D eigenvalue weighted by Crippen LogP contribution is -2.04. The Bertz CT molecular complexity index is 796. The molecule has 3 rings (SSSR count). The Morgan fingerprint density at radius 3 is 2.91 bits per heavy atom. The molecule has 1 N–H and O–H groups in total. The SMILES string of the molecule is CCCCNc1ncnc2c1c(C)nn2-c1cccc(F)c1. The van der Waals surface area contributed by atoms with Crippen LogP contribution in [0.5, 0.6) is 0 Å². The molecule has 0 radical (unpaired) electrons. The number of nitrogens with one attached hydrogen (secondary N) is 1. The van der Waals surface area contributed by atoms with E-state index in [2.05, 4.69) is 27.3 Å². The Morgan fingerprint density at radius 2 is 2.14 bits per heavy atom. The standard InChI is InChI=1S/C16H18FN5/c1-3-4-8-18-15-14-11(2)21-22(16(14)20-10-19-15)13-7-5-6-12(17)9-13/h5-7,9-10H,3-4,8H2,1-2H3,(H,18,19,20). The minimum Gasteiger partial charge on any atom is -0.369 e. The summed E-state index contributed by atoms with van der Waals surface area (Å²) < 4.78 is 15.1. The van der Waals surface area contributed by atoms with Gasteiger partial charge in [0.05, 0.1) is 16.8 Å². The van der Waals surface area contributed by atoms with Gasteiger partial charge in [-0.2, -0.15) is 5.10 Å². The van der Waals surface area contributed by atoms with Gasteiger partial charge in [0.2, 0.25) is 0 Å². The lowest BCUT2D eigenvalue weighted by atomic mass is 10.2. The zero-order valence-electron chi connectivity index (χ0n) is 12.7. The van der Waals surface area contributed by atoms with Crippen molar-refractivity contribution in [2.24, 2.45) is 0 Å². The Morgan fingerprint density at radius 1 is 1.27 bits per heavy atom. The topological polar surface area (TPSA) is 55.6 Å². The van der Waals surface area contributed by atoms with Gasteiger partial charge in [0.1, 0.15) is 18.0 Å². The van der Waals surface area contributed by atoms with Gasteiger partial charge in [0, 0.05) is 6.54 Å². The molecule has 0 aliphatic rings. The summed E-state index contributed by atoms with van der Waals surface area (Å²) in [4.78, 5) is 8.64. The summed E-state index contributed by atoms with van der Waals surface area (Å²) in [5, 5.41) is 8.70. The Balaban J connectivity index is 2.09. The van der Waals surface area contributed by atoms with Crippen molar-refractivity contribution in [3.8, 4) is 5.69 Å². The number of hydrogen-bond acceptors (Lipinski definition) is 4. The van der Waals surface area contributed by atoms with E-state index in [-0.39, 0.29) is 5.82 Å². The highest BCUT2D eigenvalue weighted by molar-refractivity contribution is 5.90. The van der Waals surface area contributed by atoms with Crippen LogP contribution in [0.25, 0.3) is 16.7 Å². The average Bonchev–Trinajstić information content (AvgIpc) is 2.86. The fourth-order valence-electron chi connectivity index (χ4n) is 2.42. The molecule has 0 bridgehead atoms. The predicted molar refractivity (Wildman–Crippen MR) is 84.8 cm³/mol. The van der Waals surface area contributed by atoms with Crippen LogP contribution in [0.2, 0.25) is 0 Å². The summed E-state index contributed by atoms with van der Waals surface area (Å²) >= 11 is 0. The van der Waals surface area contributed by atoms with E-state index in [9.17, 15) is 4.39 Å². The molecule has 0 atom stereocenters. The summed E-state index contributed by atoms with van der Waals surface area (Å²) in [5.74, 6) is 0.479. The van der Waals surface area contributed by atoms with Crippen LogP contribution in [0.4, 0.5) is 10.2 Å². The van der Waals surface area contributed by atoms with Crippen LogP contribution >= 0.6 is 0 Å². The zero-order chi connectivity index (χ0) is 15.5. The smallest absolute Gasteiger partial charge is 0.168 e. The number of fused-ring (bicyclic) bond motifs is 1. The third kappa shape index (κ3) is 2.64. The number of unbranched alkanes of at least 4 members (excludes halogenated alkanes) is 1. The molecule has 3 aromatic rings. The third-order valence-corrected chi connectivity index (χ3v) is 3.52. The fraction of sp³-hybridized carbons (Fsp3) is 0.312. The number of aromatic nitrogens is 4. The molecule has 0 amide bonds. The molecular formula is C16H18FN5. The van der Waals surface area contributed by atoms with E-state index >= 15 is 0 Å². The van der Waals surface area contributed by atoms with Crippen LogP contribution in [0, 0.1) is 12.7 Å². The van der Waals surface area contributed by atoms with Crippen LogP contribution in [0.15, 0.2) is 30.6 Å². The highest BCUT2D eigenvalue weighted by atomic mass is 19.1. The van der Waals surface area contributed by atoms with Crippen LogP contribution < -0.4 is 5.32 Å². The summed E-state index contributed by atoms with van der Waals surface area (Å²) in [6.07, 6.45) is 3.69. The van der Waals surface area contributed by atoms with E-state index in [1.54, 1.807) is 16.8 Å². The molecule has 0 saturated heterocycles. The molecule has 0 saturated carbocycles. The summed E-state index contributed by atoms with van der Waals surface area (Å²) in [7, 11) is 0. The zero-order valence-corrected chi connectivity index (χ0v) is 12.7. The second-order valence-corrected chi connectivity index (χ2v) is 5.18. The van der Waals surface area contributed by atoms with Gasteiger partial charge in [-0.1, -0.05) is 19.4 Å². The van der Waals surface area contributed by atoms with Crippen LogP contribution in [-0.2, 0) is 0 Å². The van der Waals surface area contributed by atoms with Crippen molar-refractivity contribution in [1.29, 1.82) is 0 Å². The van der Waals surface area contributed by atoms with Crippen molar-refractivity contribution in [2.45, 2.75) is 26.7 Å². The first-order valence-corrected chi connectivity index (χ1v) is 7.41. The number of benzene rings is 1. The maximum atomic E-state index is 13.5. The number of halogens is 1. The number of nitrogens with zero attached hydrogens (tertiary/aromatic N) is 4. The largest absolute Gasteiger partial charge is 0.369 e. The van der Waals surface area contributed by atoms with E-state index in [1.807, 2.05) is 6.92 Å². The van der Waals surface area contributed by atoms with Gasteiger partial charge in [-0.05, 0) is 31.5 Å². The van der Waals surface area contributed by atoms with Crippen molar-refractivity contribution < 1.29 is 4.39 Å². The predicted octanol–water partition coefficient (Wildman–Crippen LogP) is 3.48. The van der Waals surface area contributed by atoms with Crippen LogP contribution in [0.3, 0.4) is 0 Å². The minimum atomic E-state index is -0.297. The molecular weight excluding hydrogens is 281 g/mol. The maximum Gasteiger partial charge on any atom is 0.168 e. The normalized spacial score (nSPS) is 11.0. The molecule has 2 aromatic heterocycles. The molecule has 114 valence electrons. The monoisotopic (exact) mass is 299 g/mol. The van der Waals surface area contributed by atoms with E-state index in [4.69, 9.17) is 0 Å². The van der Waals surface area contributed by atoms with Crippen LogP contribution in [0.1, 0.15) is 25.5 Å². The molecule has 0 unspecified atom stereocenters. The van der Waals surface area contributed by atoms with Gasteiger partial charge in [-0.15, -0.1) is 0 Å². The number of anilines is 1.